The summed E-state index contributed by atoms with van der Waals surface area (Å²) in [5.74, 6) is 2.69. The number of alkyl halides is 1. The van der Waals surface area contributed by atoms with Crippen molar-refractivity contribution in [3.63, 3.8) is 0 Å². The Labute approximate surface area is 259 Å². The highest BCUT2D eigenvalue weighted by atomic mass is 19.1. The van der Waals surface area contributed by atoms with E-state index in [-0.39, 0.29) is 41.4 Å². The first kappa shape index (κ1) is 27.8. The number of phenolic OH excluding ortho intramolecular Hbond substituents is 1. The normalized spacial score (nSPS) is 25.8. The van der Waals surface area contributed by atoms with Crippen molar-refractivity contribution in [2.45, 2.75) is 55.9 Å². The van der Waals surface area contributed by atoms with Crippen LogP contribution in [0.15, 0.2) is 41.3 Å². The van der Waals surface area contributed by atoms with Crippen LogP contribution in [0.1, 0.15) is 43.2 Å². The second-order valence-electron chi connectivity index (χ2n) is 12.8. The van der Waals surface area contributed by atoms with Crippen molar-refractivity contribution in [1.82, 2.24) is 25.0 Å². The third kappa shape index (κ3) is 4.41. The van der Waals surface area contributed by atoms with E-state index in [1.165, 1.54) is 10.7 Å². The largest absolute Gasteiger partial charge is 0.508 e. The Morgan fingerprint density at radius 3 is 2.82 bits per heavy atom. The first-order chi connectivity index (χ1) is 21.9. The van der Waals surface area contributed by atoms with Crippen LogP contribution in [0.3, 0.4) is 0 Å². The number of ether oxygens (including phenoxy) is 1. The fourth-order valence-electron chi connectivity index (χ4n) is 8.13. The van der Waals surface area contributed by atoms with Crippen molar-refractivity contribution < 1.29 is 14.2 Å². The molecule has 4 aliphatic rings. The zero-order chi connectivity index (χ0) is 30.9. The van der Waals surface area contributed by atoms with E-state index in [0.717, 1.165) is 32.2 Å². The molecule has 4 saturated heterocycles. The molecule has 0 aliphatic carbocycles. The number of fused-ring (bicyclic) bond motifs is 5. The maximum Gasteiger partial charge on any atom is 0.298 e. The van der Waals surface area contributed by atoms with Gasteiger partial charge in [-0.05, 0) is 49.7 Å². The van der Waals surface area contributed by atoms with Gasteiger partial charge in [0.15, 0.2) is 0 Å². The standard InChI is InChI=1S/C34H32FN7O3/c1-2-20-5-3-6-21-11-25(43)12-28(29(20)21)42-33(44)30-27(15-37-42)31(40-17-23-7-8-24(18-40)38-23)26(14-36)32(39-30)45-19-34-9-4-10-41(34)16-22(35)13-34/h1,3,5-6,11-12,15,22-24,38,43H,4,7-10,13,16-19H2/t22-,23?,24?,34+/m1/s1. The van der Waals surface area contributed by atoms with Crippen LogP contribution in [-0.4, -0.2) is 81.4 Å². The molecule has 0 spiro atoms. The predicted molar refractivity (Wildman–Crippen MR) is 168 cm³/mol. The average molecular weight is 606 g/mol. The third-order valence-corrected chi connectivity index (χ3v) is 10.1. The van der Waals surface area contributed by atoms with Gasteiger partial charge in [0.05, 0.1) is 28.5 Å². The Morgan fingerprint density at radius 2 is 2.04 bits per heavy atom. The molecule has 2 aromatic carbocycles. The Balaban J connectivity index is 1.32. The Bertz CT molecular complexity index is 2000. The number of nitrogens with one attached hydrogen (secondary N) is 1. The molecule has 8 rings (SSSR count). The van der Waals surface area contributed by atoms with E-state index >= 15 is 0 Å². The number of pyridine rings is 1. The number of anilines is 1. The summed E-state index contributed by atoms with van der Waals surface area (Å²) >= 11 is 0. The Morgan fingerprint density at radius 1 is 1.22 bits per heavy atom. The molecule has 0 amide bonds. The number of rotatable bonds is 5. The van der Waals surface area contributed by atoms with Gasteiger partial charge >= 0.3 is 0 Å². The van der Waals surface area contributed by atoms with Gasteiger partial charge in [-0.3, -0.25) is 9.69 Å². The SMILES string of the molecule is C#Cc1cccc2cc(O)cc(-n3ncc4c(N5CC6CCC(C5)N6)c(C#N)c(OC[C@@]56CCCN5C[C@H](F)C6)nc4c3=O)c12. The molecule has 0 saturated carbocycles. The summed E-state index contributed by atoms with van der Waals surface area (Å²) in [6, 6.07) is 11.3. The van der Waals surface area contributed by atoms with Crippen LogP contribution in [0.2, 0.25) is 0 Å². The predicted octanol–water partition coefficient (Wildman–Crippen LogP) is 3.39. The maximum atomic E-state index is 14.5. The molecule has 4 aliphatic heterocycles. The number of terminal acetylenes is 1. The summed E-state index contributed by atoms with van der Waals surface area (Å²) in [6.07, 6.45) is 10.6. The van der Waals surface area contributed by atoms with Crippen molar-refractivity contribution in [2.24, 2.45) is 0 Å². The van der Waals surface area contributed by atoms with Crippen LogP contribution in [-0.2, 0) is 0 Å². The van der Waals surface area contributed by atoms with Gasteiger partial charge in [-0.1, -0.05) is 18.1 Å². The topological polar surface area (TPSA) is 120 Å². The van der Waals surface area contributed by atoms with E-state index < -0.39 is 17.3 Å². The van der Waals surface area contributed by atoms with Crippen LogP contribution in [0, 0.1) is 23.7 Å². The van der Waals surface area contributed by atoms with E-state index in [9.17, 15) is 19.6 Å². The molecule has 2 unspecified atom stereocenters. The van der Waals surface area contributed by atoms with Gasteiger partial charge < -0.3 is 20.1 Å². The number of benzene rings is 2. The minimum Gasteiger partial charge on any atom is -0.508 e. The van der Waals surface area contributed by atoms with Gasteiger partial charge in [0.2, 0.25) is 5.88 Å². The lowest BCUT2D eigenvalue weighted by atomic mass is 9.95. The van der Waals surface area contributed by atoms with E-state index in [2.05, 4.69) is 32.2 Å². The highest BCUT2D eigenvalue weighted by molar-refractivity contribution is 5.98. The number of nitriles is 1. The molecule has 45 heavy (non-hydrogen) atoms. The minimum atomic E-state index is -0.927. The molecule has 4 aromatic rings. The zero-order valence-corrected chi connectivity index (χ0v) is 24.7. The molecule has 0 radical (unpaired) electrons. The van der Waals surface area contributed by atoms with Gasteiger partial charge in [-0.15, -0.1) is 6.42 Å². The molecule has 2 bridgehead atoms. The van der Waals surface area contributed by atoms with E-state index in [0.29, 0.717) is 59.2 Å². The monoisotopic (exact) mass is 605 g/mol. The van der Waals surface area contributed by atoms with Crippen molar-refractivity contribution in [3.05, 3.63) is 58.0 Å². The number of piperazine rings is 1. The molecule has 11 heteroatoms. The number of hydrogen-bond donors (Lipinski definition) is 2. The van der Waals surface area contributed by atoms with Crippen LogP contribution >= 0.6 is 0 Å². The summed E-state index contributed by atoms with van der Waals surface area (Å²) in [7, 11) is 0. The highest BCUT2D eigenvalue weighted by Gasteiger charge is 2.49. The smallest absolute Gasteiger partial charge is 0.298 e. The summed E-state index contributed by atoms with van der Waals surface area (Å²) < 4.78 is 22.1. The molecule has 2 aromatic heterocycles. The number of phenols is 1. The van der Waals surface area contributed by atoms with Crippen molar-refractivity contribution >= 4 is 27.4 Å². The quantitative estimate of drug-likeness (QED) is 0.330. The molecular weight excluding hydrogens is 573 g/mol. The third-order valence-electron chi connectivity index (χ3n) is 10.1. The Kier molecular flexibility index (Phi) is 6.45. The molecule has 6 heterocycles. The van der Waals surface area contributed by atoms with Gasteiger partial charge in [0.1, 0.15) is 35.7 Å². The molecule has 4 fully saturated rings. The first-order valence-corrected chi connectivity index (χ1v) is 15.5. The van der Waals surface area contributed by atoms with Gasteiger partial charge in [-0.2, -0.15) is 15.0 Å². The number of nitrogens with zero attached hydrogens (tertiary/aromatic N) is 6. The molecule has 228 valence electrons. The first-order valence-electron chi connectivity index (χ1n) is 15.5. The van der Waals surface area contributed by atoms with Crippen molar-refractivity contribution in [1.29, 1.82) is 5.26 Å². The molecular formula is C34H32FN7O3. The summed E-state index contributed by atoms with van der Waals surface area (Å²) in [6.45, 7) is 2.69. The van der Waals surface area contributed by atoms with Crippen LogP contribution in [0.4, 0.5) is 10.1 Å². The van der Waals surface area contributed by atoms with Crippen LogP contribution < -0.4 is 20.5 Å². The van der Waals surface area contributed by atoms with Gasteiger partial charge in [0, 0.05) is 55.2 Å². The maximum absolute atomic E-state index is 14.5. The van der Waals surface area contributed by atoms with Crippen LogP contribution in [0.5, 0.6) is 11.6 Å². The lowest BCUT2D eigenvalue weighted by Gasteiger charge is -2.36. The second kappa shape index (κ2) is 10.4. The fourth-order valence-corrected chi connectivity index (χ4v) is 8.13. The number of aromatic hydroxyl groups is 1. The van der Waals surface area contributed by atoms with Crippen LogP contribution in [0.25, 0.3) is 27.4 Å². The second-order valence-corrected chi connectivity index (χ2v) is 12.8. The van der Waals surface area contributed by atoms with Gasteiger partial charge in [-0.25, -0.2) is 9.37 Å². The van der Waals surface area contributed by atoms with Crippen molar-refractivity contribution in [3.8, 4) is 35.7 Å². The van der Waals surface area contributed by atoms with Crippen molar-refractivity contribution in [2.75, 3.05) is 37.7 Å². The van der Waals surface area contributed by atoms with E-state index in [4.69, 9.17) is 16.1 Å². The summed E-state index contributed by atoms with van der Waals surface area (Å²) in [5.41, 5.74) is 0.788. The lowest BCUT2D eigenvalue weighted by Crippen LogP contribution is -2.51. The van der Waals surface area contributed by atoms with E-state index in [1.807, 2.05) is 6.07 Å². The lowest BCUT2D eigenvalue weighted by molar-refractivity contribution is 0.110. The molecule has 4 atom stereocenters. The Hall–Kier alpha value is -4.71. The summed E-state index contributed by atoms with van der Waals surface area (Å²) in [4.78, 5) is 23.4. The number of aromatic nitrogens is 3. The number of hydrogen-bond acceptors (Lipinski definition) is 9. The number of halogens is 1. The molecule has 2 N–H and O–H groups in total. The zero-order valence-electron chi connectivity index (χ0n) is 24.7. The van der Waals surface area contributed by atoms with Gasteiger partial charge in [0.25, 0.3) is 5.56 Å². The van der Waals surface area contributed by atoms with E-state index in [1.54, 1.807) is 24.4 Å². The average Bonchev–Trinajstić information content (AvgIpc) is 3.68. The fraction of sp³-hybridized carbons (Fsp3) is 0.412. The minimum absolute atomic E-state index is 0.0441. The molecule has 10 nitrogen and oxygen atoms in total. The highest BCUT2D eigenvalue weighted by Crippen LogP contribution is 2.42. The summed E-state index contributed by atoms with van der Waals surface area (Å²) in [5, 5.41) is 31.0.